The first-order chi connectivity index (χ1) is 11.1. The van der Waals surface area contributed by atoms with Crippen molar-refractivity contribution in [3.63, 3.8) is 0 Å². The average Bonchev–Trinajstić information content (AvgIpc) is 2.54. The Hall–Kier alpha value is -2.39. The van der Waals surface area contributed by atoms with Gasteiger partial charge in [0.25, 0.3) is 0 Å². The predicted octanol–water partition coefficient (Wildman–Crippen LogP) is 3.34. The molecule has 0 aliphatic carbocycles. The van der Waals surface area contributed by atoms with Crippen LogP contribution in [0.3, 0.4) is 0 Å². The molecule has 23 heavy (non-hydrogen) atoms. The zero-order valence-corrected chi connectivity index (χ0v) is 13.7. The molecule has 2 aromatic rings. The fraction of sp³-hybridized carbons (Fsp3) is 0.250. The summed E-state index contributed by atoms with van der Waals surface area (Å²) in [6.07, 6.45) is 3.42. The fourth-order valence-corrected chi connectivity index (χ4v) is 2.47. The number of aliphatic hydroxyl groups excluding tert-OH is 1. The highest BCUT2D eigenvalue weighted by molar-refractivity contribution is 5.92. The van der Waals surface area contributed by atoms with Crippen LogP contribution in [-0.2, 0) is 11.3 Å². The van der Waals surface area contributed by atoms with E-state index in [0.29, 0.717) is 13.1 Å². The van der Waals surface area contributed by atoms with Gasteiger partial charge in [-0.15, -0.1) is 0 Å². The lowest BCUT2D eigenvalue weighted by molar-refractivity contribution is -0.127. The van der Waals surface area contributed by atoms with E-state index in [4.69, 9.17) is 0 Å². The lowest BCUT2D eigenvalue weighted by Crippen LogP contribution is -2.31. The van der Waals surface area contributed by atoms with Crippen molar-refractivity contribution in [3.8, 4) is 0 Å². The van der Waals surface area contributed by atoms with E-state index in [0.717, 1.165) is 16.7 Å². The summed E-state index contributed by atoms with van der Waals surface area (Å²) in [6, 6.07) is 15.9. The number of rotatable bonds is 6. The normalized spacial score (nSPS) is 10.9. The van der Waals surface area contributed by atoms with Crippen LogP contribution in [0, 0.1) is 13.8 Å². The number of carbonyl (C=O) groups excluding carboxylic acids is 1. The third-order valence-electron chi connectivity index (χ3n) is 3.73. The molecule has 0 heterocycles. The molecule has 0 spiro atoms. The van der Waals surface area contributed by atoms with Crippen LogP contribution in [0.1, 0.15) is 22.3 Å². The summed E-state index contributed by atoms with van der Waals surface area (Å²) in [6.45, 7) is 4.86. The number of aliphatic hydroxyl groups is 1. The van der Waals surface area contributed by atoms with Crippen LogP contribution in [0.15, 0.2) is 54.6 Å². The molecule has 0 atom stereocenters. The van der Waals surface area contributed by atoms with Crippen LogP contribution in [0.25, 0.3) is 6.08 Å². The lowest BCUT2D eigenvalue weighted by atomic mass is 10.1. The Balaban J connectivity index is 2.09. The van der Waals surface area contributed by atoms with Gasteiger partial charge in [-0.05, 0) is 36.6 Å². The standard InChI is InChI=1S/C20H23NO2/c1-16-8-9-19(17(2)14-16)10-11-20(23)21(12-13-22)15-18-6-4-3-5-7-18/h3-11,14,22H,12-13,15H2,1-2H3/b11-10+. The van der Waals surface area contributed by atoms with Crippen molar-refractivity contribution >= 4 is 12.0 Å². The van der Waals surface area contributed by atoms with Gasteiger partial charge in [-0.25, -0.2) is 0 Å². The van der Waals surface area contributed by atoms with E-state index < -0.39 is 0 Å². The van der Waals surface area contributed by atoms with Gasteiger partial charge in [0.2, 0.25) is 5.91 Å². The van der Waals surface area contributed by atoms with E-state index >= 15 is 0 Å². The summed E-state index contributed by atoms with van der Waals surface area (Å²) in [5.41, 5.74) is 4.43. The van der Waals surface area contributed by atoms with Crippen LogP contribution in [0.4, 0.5) is 0 Å². The summed E-state index contributed by atoms with van der Waals surface area (Å²) >= 11 is 0. The molecule has 3 nitrogen and oxygen atoms in total. The van der Waals surface area contributed by atoms with Crippen molar-refractivity contribution in [1.82, 2.24) is 4.90 Å². The number of benzene rings is 2. The summed E-state index contributed by atoms with van der Waals surface area (Å²) in [7, 11) is 0. The summed E-state index contributed by atoms with van der Waals surface area (Å²) in [4.78, 5) is 14.1. The van der Waals surface area contributed by atoms with Crippen molar-refractivity contribution in [2.75, 3.05) is 13.2 Å². The quantitative estimate of drug-likeness (QED) is 0.831. The zero-order valence-electron chi connectivity index (χ0n) is 13.7. The van der Waals surface area contributed by atoms with Crippen molar-refractivity contribution in [2.45, 2.75) is 20.4 Å². The van der Waals surface area contributed by atoms with Gasteiger partial charge >= 0.3 is 0 Å². The van der Waals surface area contributed by atoms with Gasteiger partial charge in [0.05, 0.1) is 6.61 Å². The summed E-state index contributed by atoms with van der Waals surface area (Å²) in [5, 5.41) is 9.21. The van der Waals surface area contributed by atoms with Crippen molar-refractivity contribution < 1.29 is 9.90 Å². The third kappa shape index (κ3) is 5.08. The van der Waals surface area contributed by atoms with E-state index in [1.54, 1.807) is 11.0 Å². The second-order valence-electron chi connectivity index (χ2n) is 5.66. The Morgan fingerprint density at radius 2 is 1.87 bits per heavy atom. The molecule has 120 valence electrons. The second-order valence-corrected chi connectivity index (χ2v) is 5.66. The average molecular weight is 309 g/mol. The molecule has 1 N–H and O–H groups in total. The van der Waals surface area contributed by atoms with Crippen LogP contribution >= 0.6 is 0 Å². The van der Waals surface area contributed by atoms with Gasteiger partial charge in [-0.2, -0.15) is 0 Å². The number of carbonyl (C=O) groups is 1. The first-order valence-electron chi connectivity index (χ1n) is 7.79. The SMILES string of the molecule is Cc1ccc(/C=C/C(=O)N(CCO)Cc2ccccc2)c(C)c1. The highest BCUT2D eigenvalue weighted by atomic mass is 16.3. The van der Waals surface area contributed by atoms with Crippen molar-refractivity contribution in [3.05, 3.63) is 76.9 Å². The van der Waals surface area contributed by atoms with Crippen molar-refractivity contribution in [1.29, 1.82) is 0 Å². The zero-order chi connectivity index (χ0) is 16.7. The Morgan fingerprint density at radius 1 is 1.13 bits per heavy atom. The number of hydrogen-bond donors (Lipinski definition) is 1. The van der Waals surface area contributed by atoms with Crippen LogP contribution in [0.5, 0.6) is 0 Å². The maximum atomic E-state index is 12.4. The van der Waals surface area contributed by atoms with Gasteiger partial charge in [-0.1, -0.05) is 54.1 Å². The maximum absolute atomic E-state index is 12.4. The van der Waals surface area contributed by atoms with E-state index in [1.165, 1.54) is 5.56 Å². The molecule has 3 heteroatoms. The van der Waals surface area contributed by atoms with Crippen molar-refractivity contribution in [2.24, 2.45) is 0 Å². The first-order valence-corrected chi connectivity index (χ1v) is 7.79. The Morgan fingerprint density at radius 3 is 2.52 bits per heavy atom. The molecule has 0 fully saturated rings. The molecule has 0 radical (unpaired) electrons. The third-order valence-corrected chi connectivity index (χ3v) is 3.73. The van der Waals surface area contributed by atoms with Gasteiger partial charge < -0.3 is 10.0 Å². The summed E-state index contributed by atoms with van der Waals surface area (Å²) in [5.74, 6) is -0.0946. The molecule has 0 aromatic heterocycles. The molecule has 2 aromatic carbocycles. The Bertz CT molecular complexity index is 677. The van der Waals surface area contributed by atoms with E-state index in [2.05, 4.69) is 13.0 Å². The van der Waals surface area contributed by atoms with E-state index in [9.17, 15) is 9.90 Å². The molecule has 0 saturated carbocycles. The largest absolute Gasteiger partial charge is 0.395 e. The van der Waals surface area contributed by atoms with E-state index in [-0.39, 0.29) is 12.5 Å². The topological polar surface area (TPSA) is 40.5 Å². The van der Waals surface area contributed by atoms with Gasteiger partial charge in [-0.3, -0.25) is 4.79 Å². The minimum atomic E-state index is -0.0946. The molecule has 0 unspecified atom stereocenters. The number of amides is 1. The number of aryl methyl sites for hydroxylation is 2. The number of hydrogen-bond acceptors (Lipinski definition) is 2. The molecule has 2 rings (SSSR count). The van der Waals surface area contributed by atoms with Crippen LogP contribution in [-0.4, -0.2) is 29.1 Å². The highest BCUT2D eigenvalue weighted by Crippen LogP contribution is 2.13. The molecular weight excluding hydrogens is 286 g/mol. The second kappa shape index (κ2) is 8.30. The van der Waals surface area contributed by atoms with Gasteiger partial charge in [0.15, 0.2) is 0 Å². The lowest BCUT2D eigenvalue weighted by Gasteiger charge is -2.20. The number of nitrogens with zero attached hydrogens (tertiary/aromatic N) is 1. The minimum absolute atomic E-state index is 0.0457. The fourth-order valence-electron chi connectivity index (χ4n) is 2.47. The van der Waals surface area contributed by atoms with Gasteiger partial charge in [0.1, 0.15) is 0 Å². The monoisotopic (exact) mass is 309 g/mol. The van der Waals surface area contributed by atoms with Gasteiger partial charge in [0, 0.05) is 19.2 Å². The molecule has 0 bridgehead atoms. The Labute approximate surface area is 137 Å². The van der Waals surface area contributed by atoms with Crippen LogP contribution in [0.2, 0.25) is 0 Å². The van der Waals surface area contributed by atoms with E-state index in [1.807, 2.05) is 55.5 Å². The molecular formula is C20H23NO2. The Kier molecular flexibility index (Phi) is 6.12. The molecule has 0 aliphatic rings. The minimum Gasteiger partial charge on any atom is -0.395 e. The highest BCUT2D eigenvalue weighted by Gasteiger charge is 2.10. The smallest absolute Gasteiger partial charge is 0.246 e. The van der Waals surface area contributed by atoms with Crippen LogP contribution < -0.4 is 0 Å². The molecule has 1 amide bonds. The summed E-state index contributed by atoms with van der Waals surface area (Å²) < 4.78 is 0. The predicted molar refractivity (Wildman–Crippen MR) is 93.9 cm³/mol. The first kappa shape index (κ1) is 17.0. The molecule has 0 saturated heterocycles. The maximum Gasteiger partial charge on any atom is 0.246 e. The molecule has 0 aliphatic heterocycles.